The van der Waals surface area contributed by atoms with Crippen molar-refractivity contribution in [2.45, 2.75) is 6.92 Å². The van der Waals surface area contributed by atoms with Crippen molar-refractivity contribution in [2.24, 2.45) is 0 Å². The zero-order valence-electron chi connectivity index (χ0n) is 10.9. The summed E-state index contributed by atoms with van der Waals surface area (Å²) in [5.41, 5.74) is 1.20. The van der Waals surface area contributed by atoms with Gasteiger partial charge in [-0.15, -0.1) is 0 Å². The van der Waals surface area contributed by atoms with Gasteiger partial charge in [-0.1, -0.05) is 18.2 Å². The summed E-state index contributed by atoms with van der Waals surface area (Å²) in [5.74, 6) is 0.0128. The summed E-state index contributed by atoms with van der Waals surface area (Å²) in [4.78, 5) is 20.2. The average molecular weight is 268 g/mol. The number of fused-ring (bicyclic) bond motifs is 1. The van der Waals surface area contributed by atoms with Crippen LogP contribution in [-0.4, -0.2) is 32.3 Å². The lowest BCUT2D eigenvalue weighted by Gasteiger charge is -2.01. The van der Waals surface area contributed by atoms with Crippen molar-refractivity contribution in [3.8, 4) is 5.95 Å². The van der Waals surface area contributed by atoms with E-state index in [1.807, 2.05) is 24.3 Å². The first-order valence-electron chi connectivity index (χ1n) is 6.22. The van der Waals surface area contributed by atoms with E-state index in [4.69, 9.17) is 4.74 Å². The van der Waals surface area contributed by atoms with Crippen LogP contribution in [0, 0.1) is 0 Å². The summed E-state index contributed by atoms with van der Waals surface area (Å²) < 4.78 is 6.37. The van der Waals surface area contributed by atoms with Crippen LogP contribution in [0.2, 0.25) is 0 Å². The third-order valence-corrected chi connectivity index (χ3v) is 2.77. The second kappa shape index (κ2) is 5.08. The lowest BCUT2D eigenvalue weighted by atomic mass is 10.2. The maximum Gasteiger partial charge on any atom is 0.341 e. The van der Waals surface area contributed by atoms with Gasteiger partial charge in [0.05, 0.1) is 23.9 Å². The number of carbonyl (C=O) groups excluding carboxylic acids is 1. The predicted molar refractivity (Wildman–Crippen MR) is 72.6 cm³/mol. The third-order valence-electron chi connectivity index (χ3n) is 2.77. The smallest absolute Gasteiger partial charge is 0.341 e. The minimum Gasteiger partial charge on any atom is -0.462 e. The number of benzene rings is 1. The quantitative estimate of drug-likeness (QED) is 0.679. The SMILES string of the molecule is CCOC(=O)c1cnn(-c2ncc3ccccc3n2)c1. The zero-order chi connectivity index (χ0) is 13.9. The van der Waals surface area contributed by atoms with Crippen molar-refractivity contribution in [3.63, 3.8) is 0 Å². The van der Waals surface area contributed by atoms with Crippen LogP contribution in [0.25, 0.3) is 16.9 Å². The van der Waals surface area contributed by atoms with Gasteiger partial charge in [-0.25, -0.2) is 19.4 Å². The van der Waals surface area contributed by atoms with Gasteiger partial charge in [-0.2, -0.15) is 5.10 Å². The third kappa shape index (κ3) is 2.23. The number of hydrogen-bond acceptors (Lipinski definition) is 5. The molecule has 0 unspecified atom stereocenters. The Bertz CT molecular complexity index is 766. The Kier molecular flexibility index (Phi) is 3.12. The molecule has 0 aliphatic rings. The molecule has 100 valence electrons. The van der Waals surface area contributed by atoms with E-state index >= 15 is 0 Å². The van der Waals surface area contributed by atoms with E-state index in [1.165, 1.54) is 10.9 Å². The molecule has 0 amide bonds. The van der Waals surface area contributed by atoms with E-state index < -0.39 is 5.97 Å². The highest BCUT2D eigenvalue weighted by Gasteiger charge is 2.11. The highest BCUT2D eigenvalue weighted by Crippen LogP contribution is 2.12. The molecule has 0 saturated heterocycles. The second-order valence-electron chi connectivity index (χ2n) is 4.12. The first-order chi connectivity index (χ1) is 9.78. The number of para-hydroxylation sites is 1. The fraction of sp³-hybridized carbons (Fsp3) is 0.143. The van der Waals surface area contributed by atoms with E-state index in [0.29, 0.717) is 18.1 Å². The van der Waals surface area contributed by atoms with Crippen LogP contribution >= 0.6 is 0 Å². The molecule has 6 nitrogen and oxygen atoms in total. The highest BCUT2D eigenvalue weighted by atomic mass is 16.5. The van der Waals surface area contributed by atoms with Crippen LogP contribution in [0.5, 0.6) is 0 Å². The molecular weight excluding hydrogens is 256 g/mol. The van der Waals surface area contributed by atoms with E-state index in [1.54, 1.807) is 19.3 Å². The zero-order valence-corrected chi connectivity index (χ0v) is 10.9. The van der Waals surface area contributed by atoms with Gasteiger partial charge in [0.1, 0.15) is 0 Å². The molecule has 2 aromatic heterocycles. The first-order valence-corrected chi connectivity index (χ1v) is 6.22. The van der Waals surface area contributed by atoms with Crippen LogP contribution in [0.3, 0.4) is 0 Å². The summed E-state index contributed by atoms with van der Waals surface area (Å²) >= 11 is 0. The molecule has 0 N–H and O–H groups in total. The summed E-state index contributed by atoms with van der Waals surface area (Å²) in [6.07, 6.45) is 4.72. The molecule has 0 atom stereocenters. The Morgan fingerprint density at radius 1 is 1.30 bits per heavy atom. The van der Waals surface area contributed by atoms with Crippen LogP contribution < -0.4 is 0 Å². The number of esters is 1. The van der Waals surface area contributed by atoms with E-state index in [9.17, 15) is 4.79 Å². The molecule has 0 fully saturated rings. The molecule has 0 spiro atoms. The number of rotatable bonds is 3. The molecular formula is C14H12N4O2. The van der Waals surface area contributed by atoms with Crippen molar-refractivity contribution in [3.05, 3.63) is 48.4 Å². The predicted octanol–water partition coefficient (Wildman–Crippen LogP) is 1.99. The molecule has 20 heavy (non-hydrogen) atoms. The summed E-state index contributed by atoms with van der Waals surface area (Å²) in [7, 11) is 0. The van der Waals surface area contributed by atoms with Gasteiger partial charge in [0.25, 0.3) is 5.95 Å². The maximum atomic E-state index is 11.6. The van der Waals surface area contributed by atoms with Gasteiger partial charge < -0.3 is 4.74 Å². The standard InChI is InChI=1S/C14H12N4O2/c1-2-20-13(19)11-8-16-18(9-11)14-15-7-10-5-3-4-6-12(10)17-14/h3-9H,2H2,1H3. The van der Waals surface area contributed by atoms with Crippen molar-refractivity contribution >= 4 is 16.9 Å². The van der Waals surface area contributed by atoms with Gasteiger partial charge in [-0.3, -0.25) is 0 Å². The van der Waals surface area contributed by atoms with Gasteiger partial charge in [0, 0.05) is 17.8 Å². The first kappa shape index (κ1) is 12.3. The number of ether oxygens (including phenoxy) is 1. The molecule has 0 saturated carbocycles. The Labute approximate surface area is 115 Å². The topological polar surface area (TPSA) is 69.9 Å². The number of aromatic nitrogens is 4. The van der Waals surface area contributed by atoms with Crippen molar-refractivity contribution in [1.82, 2.24) is 19.7 Å². The van der Waals surface area contributed by atoms with E-state index in [0.717, 1.165) is 10.9 Å². The molecule has 6 heteroatoms. The summed E-state index contributed by atoms with van der Waals surface area (Å²) in [5, 5.41) is 5.04. The fourth-order valence-electron chi connectivity index (χ4n) is 1.82. The van der Waals surface area contributed by atoms with Crippen LogP contribution in [-0.2, 0) is 4.74 Å². The highest BCUT2D eigenvalue weighted by molar-refractivity contribution is 5.88. The Hall–Kier alpha value is -2.76. The molecule has 0 radical (unpaired) electrons. The van der Waals surface area contributed by atoms with Crippen LogP contribution in [0.15, 0.2) is 42.9 Å². The van der Waals surface area contributed by atoms with E-state index in [-0.39, 0.29) is 0 Å². The van der Waals surface area contributed by atoms with Crippen molar-refractivity contribution in [1.29, 1.82) is 0 Å². The molecule has 2 heterocycles. The number of hydrogen-bond donors (Lipinski definition) is 0. The Morgan fingerprint density at radius 2 is 2.15 bits per heavy atom. The van der Waals surface area contributed by atoms with Gasteiger partial charge in [-0.05, 0) is 13.0 Å². The normalized spacial score (nSPS) is 10.7. The molecule has 0 bridgehead atoms. The van der Waals surface area contributed by atoms with Gasteiger partial charge >= 0.3 is 5.97 Å². The number of nitrogens with zero attached hydrogens (tertiary/aromatic N) is 4. The lowest BCUT2D eigenvalue weighted by Crippen LogP contribution is -2.04. The monoisotopic (exact) mass is 268 g/mol. The van der Waals surface area contributed by atoms with Gasteiger partial charge in [0.2, 0.25) is 0 Å². The second-order valence-corrected chi connectivity index (χ2v) is 4.12. The molecule has 3 rings (SSSR count). The Morgan fingerprint density at radius 3 is 3.00 bits per heavy atom. The summed E-state index contributed by atoms with van der Waals surface area (Å²) in [6, 6.07) is 7.67. The van der Waals surface area contributed by atoms with Gasteiger partial charge in [0.15, 0.2) is 0 Å². The summed E-state index contributed by atoms with van der Waals surface area (Å²) in [6.45, 7) is 2.09. The molecule has 0 aliphatic heterocycles. The largest absolute Gasteiger partial charge is 0.462 e. The lowest BCUT2D eigenvalue weighted by molar-refractivity contribution is 0.0526. The fourth-order valence-corrected chi connectivity index (χ4v) is 1.82. The van der Waals surface area contributed by atoms with E-state index in [2.05, 4.69) is 15.1 Å². The van der Waals surface area contributed by atoms with Crippen molar-refractivity contribution < 1.29 is 9.53 Å². The molecule has 3 aromatic rings. The number of carbonyl (C=O) groups is 1. The Balaban J connectivity index is 1.96. The average Bonchev–Trinajstić information content (AvgIpc) is 2.97. The van der Waals surface area contributed by atoms with Crippen LogP contribution in [0.4, 0.5) is 0 Å². The van der Waals surface area contributed by atoms with Crippen molar-refractivity contribution in [2.75, 3.05) is 6.61 Å². The molecule has 0 aliphatic carbocycles. The van der Waals surface area contributed by atoms with Crippen LogP contribution in [0.1, 0.15) is 17.3 Å². The maximum absolute atomic E-state index is 11.6. The minimum atomic E-state index is -0.403. The molecule has 1 aromatic carbocycles. The minimum absolute atomic E-state index is 0.330.